The molecule has 2 unspecified atom stereocenters. The first-order valence-corrected chi connectivity index (χ1v) is 6.27. The third-order valence-corrected chi connectivity index (χ3v) is 5.01. The van der Waals surface area contributed by atoms with Crippen LogP contribution in [0.15, 0.2) is 24.3 Å². The lowest BCUT2D eigenvalue weighted by atomic mass is 10.2. The van der Waals surface area contributed by atoms with Crippen molar-refractivity contribution < 1.29 is 14.6 Å². The minimum atomic E-state index is -0.677. The maximum absolute atomic E-state index is 11.2. The highest BCUT2D eigenvalue weighted by molar-refractivity contribution is 8.03. The predicted octanol–water partition coefficient (Wildman–Crippen LogP) is 2.01. The Morgan fingerprint density at radius 2 is 2.24 bits per heavy atom. The SMILES string of the molecule is COc1ccc(N2CC3CC3(C(=O)O)S2)cc1. The van der Waals surface area contributed by atoms with Crippen molar-refractivity contribution in [1.29, 1.82) is 0 Å². The minimum Gasteiger partial charge on any atom is -0.497 e. The van der Waals surface area contributed by atoms with Crippen molar-refractivity contribution in [3.63, 3.8) is 0 Å². The number of carboxylic acid groups (broad SMARTS) is 1. The van der Waals surface area contributed by atoms with E-state index in [0.29, 0.717) is 5.92 Å². The Balaban J connectivity index is 1.77. The van der Waals surface area contributed by atoms with Crippen LogP contribution in [0, 0.1) is 5.92 Å². The predicted molar refractivity (Wildman–Crippen MR) is 66.4 cm³/mol. The fourth-order valence-electron chi connectivity index (χ4n) is 2.27. The summed E-state index contributed by atoms with van der Waals surface area (Å²) in [5, 5.41) is 9.19. The molecule has 1 aromatic carbocycles. The smallest absolute Gasteiger partial charge is 0.321 e. The van der Waals surface area contributed by atoms with Gasteiger partial charge < -0.3 is 14.1 Å². The Morgan fingerprint density at radius 3 is 2.76 bits per heavy atom. The summed E-state index contributed by atoms with van der Waals surface area (Å²) in [6.45, 7) is 0.823. The Bertz CT molecular complexity index is 461. The van der Waals surface area contributed by atoms with Gasteiger partial charge in [-0.1, -0.05) is 0 Å². The second kappa shape index (κ2) is 3.57. The van der Waals surface area contributed by atoms with E-state index >= 15 is 0 Å². The molecule has 5 heteroatoms. The first kappa shape index (κ1) is 10.8. The van der Waals surface area contributed by atoms with Gasteiger partial charge in [0.25, 0.3) is 0 Å². The number of methoxy groups -OCH3 is 1. The van der Waals surface area contributed by atoms with Gasteiger partial charge in [0.1, 0.15) is 10.5 Å². The van der Waals surface area contributed by atoms with E-state index in [1.54, 1.807) is 7.11 Å². The second-order valence-corrected chi connectivity index (χ2v) is 5.80. The van der Waals surface area contributed by atoms with Gasteiger partial charge in [0.05, 0.1) is 7.11 Å². The van der Waals surface area contributed by atoms with Gasteiger partial charge in [0.2, 0.25) is 0 Å². The van der Waals surface area contributed by atoms with Gasteiger partial charge in [-0.25, -0.2) is 0 Å². The van der Waals surface area contributed by atoms with Crippen LogP contribution < -0.4 is 9.04 Å². The Labute approximate surface area is 104 Å². The van der Waals surface area contributed by atoms with Crippen LogP contribution in [0.25, 0.3) is 0 Å². The molecule has 0 bridgehead atoms. The van der Waals surface area contributed by atoms with E-state index in [9.17, 15) is 9.90 Å². The van der Waals surface area contributed by atoms with Crippen LogP contribution in [-0.4, -0.2) is 29.5 Å². The molecule has 1 aromatic rings. The van der Waals surface area contributed by atoms with Crippen LogP contribution in [0.1, 0.15) is 6.42 Å². The zero-order valence-electron chi connectivity index (χ0n) is 9.42. The second-order valence-electron chi connectivity index (χ2n) is 4.45. The summed E-state index contributed by atoms with van der Waals surface area (Å²) in [4.78, 5) is 11.2. The molecule has 1 saturated heterocycles. The van der Waals surface area contributed by atoms with Crippen LogP contribution >= 0.6 is 11.9 Å². The topological polar surface area (TPSA) is 49.8 Å². The molecular weight excluding hydrogens is 238 g/mol. The molecule has 1 saturated carbocycles. The number of rotatable bonds is 3. The number of carbonyl (C=O) groups is 1. The van der Waals surface area contributed by atoms with E-state index < -0.39 is 10.7 Å². The van der Waals surface area contributed by atoms with Crippen LogP contribution in [0.5, 0.6) is 5.75 Å². The number of benzene rings is 1. The average Bonchev–Trinajstić information content (AvgIpc) is 2.93. The van der Waals surface area contributed by atoms with Crippen molar-refractivity contribution in [1.82, 2.24) is 0 Å². The maximum atomic E-state index is 11.2. The summed E-state index contributed by atoms with van der Waals surface area (Å²) >= 11 is 1.45. The third kappa shape index (κ3) is 1.57. The van der Waals surface area contributed by atoms with Crippen LogP contribution in [0.2, 0.25) is 0 Å². The first-order valence-electron chi connectivity index (χ1n) is 5.50. The lowest BCUT2D eigenvalue weighted by Gasteiger charge is -2.20. The zero-order chi connectivity index (χ0) is 12.0. The van der Waals surface area contributed by atoms with E-state index in [-0.39, 0.29) is 0 Å². The number of carboxylic acids is 1. The summed E-state index contributed by atoms with van der Waals surface area (Å²) in [6.07, 6.45) is 0.805. The zero-order valence-corrected chi connectivity index (χ0v) is 10.2. The molecule has 1 N–H and O–H groups in total. The lowest BCUT2D eigenvalue weighted by molar-refractivity contribution is -0.137. The molecular formula is C12H13NO3S. The number of fused-ring (bicyclic) bond motifs is 1. The highest BCUT2D eigenvalue weighted by Crippen LogP contribution is 2.62. The molecule has 2 fully saturated rings. The number of aliphatic carboxylic acids is 1. The van der Waals surface area contributed by atoms with E-state index in [1.165, 1.54) is 11.9 Å². The number of hydrogen-bond acceptors (Lipinski definition) is 4. The van der Waals surface area contributed by atoms with Crippen molar-refractivity contribution in [3.8, 4) is 5.75 Å². The van der Waals surface area contributed by atoms with Crippen molar-refractivity contribution >= 4 is 23.6 Å². The Hall–Kier alpha value is -1.36. The molecule has 0 spiro atoms. The van der Waals surface area contributed by atoms with Gasteiger partial charge in [0, 0.05) is 18.2 Å². The summed E-state index contributed by atoms with van der Waals surface area (Å²) < 4.78 is 6.63. The molecule has 0 aromatic heterocycles. The third-order valence-electron chi connectivity index (χ3n) is 3.43. The molecule has 0 radical (unpaired) electrons. The average molecular weight is 251 g/mol. The molecule has 1 aliphatic heterocycles. The summed E-state index contributed by atoms with van der Waals surface area (Å²) in [6, 6.07) is 7.72. The van der Waals surface area contributed by atoms with Gasteiger partial charge in [-0.05, 0) is 42.6 Å². The highest BCUT2D eigenvalue weighted by atomic mass is 32.2. The van der Waals surface area contributed by atoms with Crippen LogP contribution in [0.3, 0.4) is 0 Å². The maximum Gasteiger partial charge on any atom is 0.321 e. The van der Waals surface area contributed by atoms with Crippen LogP contribution in [-0.2, 0) is 4.79 Å². The molecule has 0 amide bonds. The normalized spacial score (nSPS) is 29.9. The van der Waals surface area contributed by atoms with Gasteiger partial charge in [-0.2, -0.15) is 0 Å². The molecule has 4 nitrogen and oxygen atoms in total. The number of anilines is 1. The standard InChI is InChI=1S/C12H13NO3S/c1-16-10-4-2-9(3-5-10)13-7-8-6-12(8,17-13)11(14)15/h2-5,8H,6-7H2,1H3,(H,14,15). The minimum absolute atomic E-state index is 0.298. The van der Waals surface area contributed by atoms with Crippen molar-refractivity contribution in [2.24, 2.45) is 5.92 Å². The highest BCUT2D eigenvalue weighted by Gasteiger charge is 2.67. The summed E-state index contributed by atoms with van der Waals surface area (Å²) in [7, 11) is 1.63. The first-order chi connectivity index (χ1) is 8.15. The molecule has 2 atom stereocenters. The molecule has 1 aliphatic carbocycles. The summed E-state index contributed by atoms with van der Waals surface area (Å²) in [5.74, 6) is 0.437. The van der Waals surface area contributed by atoms with E-state index in [1.807, 2.05) is 24.3 Å². The Kier molecular flexibility index (Phi) is 2.26. The van der Waals surface area contributed by atoms with E-state index in [2.05, 4.69) is 4.31 Å². The fourth-order valence-corrected chi connectivity index (χ4v) is 3.72. The number of nitrogens with zero attached hydrogens (tertiary/aromatic N) is 1. The van der Waals surface area contributed by atoms with Crippen molar-refractivity contribution in [2.45, 2.75) is 11.2 Å². The van der Waals surface area contributed by atoms with E-state index in [0.717, 1.165) is 24.4 Å². The fraction of sp³-hybridized carbons (Fsp3) is 0.417. The van der Waals surface area contributed by atoms with Gasteiger partial charge in [-0.15, -0.1) is 0 Å². The monoisotopic (exact) mass is 251 g/mol. The molecule has 1 heterocycles. The van der Waals surface area contributed by atoms with Crippen molar-refractivity contribution in [3.05, 3.63) is 24.3 Å². The molecule has 2 aliphatic rings. The lowest BCUT2D eigenvalue weighted by Crippen LogP contribution is -2.19. The van der Waals surface area contributed by atoms with Gasteiger partial charge in [0.15, 0.2) is 0 Å². The van der Waals surface area contributed by atoms with Crippen LogP contribution in [0.4, 0.5) is 5.69 Å². The number of ether oxygens (including phenoxy) is 1. The number of hydrogen-bond donors (Lipinski definition) is 1. The quantitative estimate of drug-likeness (QED) is 0.833. The van der Waals surface area contributed by atoms with E-state index in [4.69, 9.17) is 4.74 Å². The molecule has 3 rings (SSSR count). The summed E-state index contributed by atoms with van der Waals surface area (Å²) in [5.41, 5.74) is 1.05. The van der Waals surface area contributed by atoms with Crippen molar-refractivity contribution in [2.75, 3.05) is 18.0 Å². The molecule has 90 valence electrons. The molecule has 17 heavy (non-hydrogen) atoms. The largest absolute Gasteiger partial charge is 0.497 e. The Morgan fingerprint density at radius 1 is 1.53 bits per heavy atom. The van der Waals surface area contributed by atoms with Gasteiger partial charge in [-0.3, -0.25) is 4.79 Å². The van der Waals surface area contributed by atoms with Gasteiger partial charge >= 0.3 is 5.97 Å².